The molecule has 0 atom stereocenters. The molecule has 1 aromatic carbocycles. The summed E-state index contributed by atoms with van der Waals surface area (Å²) in [5.74, 6) is 1.45. The average Bonchev–Trinajstić information content (AvgIpc) is 2.88. The second-order valence-electron chi connectivity index (χ2n) is 5.04. The summed E-state index contributed by atoms with van der Waals surface area (Å²) >= 11 is 12.2. The first-order chi connectivity index (χ1) is 10.6. The first kappa shape index (κ1) is 15.3. The fourth-order valence-corrected chi connectivity index (χ4v) is 2.68. The second-order valence-corrected chi connectivity index (χ2v) is 5.86. The van der Waals surface area contributed by atoms with Crippen LogP contribution in [0.3, 0.4) is 0 Å². The van der Waals surface area contributed by atoms with Crippen LogP contribution in [0.4, 0.5) is 5.82 Å². The molecule has 0 amide bonds. The summed E-state index contributed by atoms with van der Waals surface area (Å²) in [7, 11) is 0. The third-order valence-electron chi connectivity index (χ3n) is 3.45. The number of nitrogens with two attached hydrogens (primary N) is 1. The summed E-state index contributed by atoms with van der Waals surface area (Å²) in [4.78, 5) is 4.61. The molecule has 0 bridgehead atoms. The van der Waals surface area contributed by atoms with Crippen LogP contribution in [0.1, 0.15) is 18.7 Å². The van der Waals surface area contributed by atoms with Crippen LogP contribution in [0.2, 0.25) is 10.0 Å². The Morgan fingerprint density at radius 2 is 1.95 bits per heavy atom. The topological polar surface area (TPSA) is 81.1 Å². The lowest BCUT2D eigenvalue weighted by Crippen LogP contribution is -2.08. The number of halogens is 2. The van der Waals surface area contributed by atoms with E-state index in [-0.39, 0.29) is 0 Å². The molecule has 0 fully saturated rings. The minimum absolute atomic E-state index is 0.473. The lowest BCUT2D eigenvalue weighted by atomic mass is 10.3. The summed E-state index contributed by atoms with van der Waals surface area (Å²) in [6.45, 7) is 3.35. The Bertz CT molecular complexity index is 829. The summed E-state index contributed by atoms with van der Waals surface area (Å²) in [6, 6.07) is 3.54. The fraction of sp³-hybridized carbons (Fsp3) is 0.357. The Kier molecular flexibility index (Phi) is 4.33. The van der Waals surface area contributed by atoms with Gasteiger partial charge in [-0.3, -0.25) is 4.40 Å². The molecule has 0 saturated carbocycles. The van der Waals surface area contributed by atoms with Gasteiger partial charge in [-0.1, -0.05) is 23.2 Å². The quantitative estimate of drug-likeness (QED) is 0.698. The Balaban J connectivity index is 2.13. The van der Waals surface area contributed by atoms with Gasteiger partial charge < -0.3 is 11.1 Å². The van der Waals surface area contributed by atoms with Crippen molar-refractivity contribution >= 4 is 45.7 Å². The number of hydrogen-bond acceptors (Lipinski definition) is 5. The number of hydrogen-bond donors (Lipinski definition) is 2. The van der Waals surface area contributed by atoms with E-state index in [0.717, 1.165) is 36.2 Å². The summed E-state index contributed by atoms with van der Waals surface area (Å²) in [5.41, 5.74) is 7.76. The van der Waals surface area contributed by atoms with E-state index >= 15 is 0 Å². The summed E-state index contributed by atoms with van der Waals surface area (Å²) in [5, 5.41) is 12.6. The molecule has 0 unspecified atom stereocenters. The second kappa shape index (κ2) is 6.24. The molecule has 0 spiro atoms. The number of nitrogens with zero attached hydrogens (tertiary/aromatic N) is 4. The Morgan fingerprint density at radius 3 is 2.73 bits per heavy atom. The van der Waals surface area contributed by atoms with Crippen molar-refractivity contribution < 1.29 is 0 Å². The highest BCUT2D eigenvalue weighted by Gasteiger charge is 2.14. The van der Waals surface area contributed by atoms with Gasteiger partial charge >= 0.3 is 0 Å². The van der Waals surface area contributed by atoms with Gasteiger partial charge in [0.2, 0.25) is 5.65 Å². The van der Waals surface area contributed by atoms with Crippen LogP contribution >= 0.6 is 23.2 Å². The zero-order chi connectivity index (χ0) is 15.7. The maximum atomic E-state index is 6.12. The molecule has 2 heterocycles. The van der Waals surface area contributed by atoms with Gasteiger partial charge in [0.1, 0.15) is 5.82 Å². The maximum Gasteiger partial charge on any atom is 0.204 e. The zero-order valence-electron chi connectivity index (χ0n) is 12.1. The molecule has 3 aromatic rings. The number of rotatable bonds is 5. The van der Waals surface area contributed by atoms with Gasteiger partial charge in [-0.2, -0.15) is 0 Å². The number of nitrogens with one attached hydrogen (secondary N) is 1. The monoisotopic (exact) mass is 338 g/mol. The molecule has 22 heavy (non-hydrogen) atoms. The first-order valence-electron chi connectivity index (χ1n) is 7.06. The third-order valence-corrected chi connectivity index (χ3v) is 4.17. The molecule has 116 valence electrons. The molecule has 0 aliphatic carbocycles. The van der Waals surface area contributed by atoms with Gasteiger partial charge in [-0.15, -0.1) is 10.2 Å². The molecule has 6 nitrogen and oxygen atoms in total. The number of benzene rings is 1. The minimum Gasteiger partial charge on any atom is -0.367 e. The Morgan fingerprint density at radius 1 is 1.18 bits per heavy atom. The van der Waals surface area contributed by atoms with E-state index in [2.05, 4.69) is 20.5 Å². The van der Waals surface area contributed by atoms with Crippen LogP contribution in [0, 0.1) is 6.92 Å². The van der Waals surface area contributed by atoms with Gasteiger partial charge in [0, 0.05) is 6.54 Å². The van der Waals surface area contributed by atoms with E-state index in [1.54, 1.807) is 12.1 Å². The largest absolute Gasteiger partial charge is 0.367 e. The Hall–Kier alpha value is -1.63. The van der Waals surface area contributed by atoms with Crippen molar-refractivity contribution in [2.75, 3.05) is 18.4 Å². The van der Waals surface area contributed by atoms with Crippen molar-refractivity contribution in [3.8, 4) is 0 Å². The normalized spacial score (nSPS) is 11.5. The molecular formula is C14H16Cl2N6. The predicted octanol–water partition coefficient (Wildman–Crippen LogP) is 3.04. The van der Waals surface area contributed by atoms with E-state index in [4.69, 9.17) is 28.9 Å². The van der Waals surface area contributed by atoms with E-state index in [0.29, 0.717) is 28.1 Å². The third kappa shape index (κ3) is 2.69. The van der Waals surface area contributed by atoms with Gasteiger partial charge in [0.15, 0.2) is 5.82 Å². The highest BCUT2D eigenvalue weighted by molar-refractivity contribution is 6.42. The van der Waals surface area contributed by atoms with Crippen LogP contribution in [-0.2, 0) is 0 Å². The Labute approximate surface area is 137 Å². The summed E-state index contributed by atoms with van der Waals surface area (Å²) in [6.07, 6.45) is 1.93. The van der Waals surface area contributed by atoms with Gasteiger partial charge in [-0.25, -0.2) is 4.98 Å². The zero-order valence-corrected chi connectivity index (χ0v) is 13.6. The minimum atomic E-state index is 0.473. The van der Waals surface area contributed by atoms with Gasteiger partial charge in [0.25, 0.3) is 0 Å². The van der Waals surface area contributed by atoms with Crippen LogP contribution < -0.4 is 11.1 Å². The predicted molar refractivity (Wildman–Crippen MR) is 89.8 cm³/mol. The highest BCUT2D eigenvalue weighted by Crippen LogP contribution is 2.29. The molecule has 3 N–H and O–H groups in total. The number of aryl methyl sites for hydroxylation is 1. The van der Waals surface area contributed by atoms with Crippen LogP contribution in [-0.4, -0.2) is 32.7 Å². The van der Waals surface area contributed by atoms with Crippen molar-refractivity contribution in [1.29, 1.82) is 0 Å². The number of anilines is 1. The number of aromatic nitrogens is 4. The highest BCUT2D eigenvalue weighted by atomic mass is 35.5. The van der Waals surface area contributed by atoms with Crippen molar-refractivity contribution in [3.63, 3.8) is 0 Å². The van der Waals surface area contributed by atoms with Crippen LogP contribution in [0.15, 0.2) is 12.1 Å². The van der Waals surface area contributed by atoms with Crippen LogP contribution in [0.25, 0.3) is 16.7 Å². The maximum absolute atomic E-state index is 6.12. The van der Waals surface area contributed by atoms with Gasteiger partial charge in [-0.05, 0) is 38.4 Å². The van der Waals surface area contributed by atoms with Crippen molar-refractivity contribution in [2.45, 2.75) is 19.8 Å². The van der Waals surface area contributed by atoms with E-state index in [9.17, 15) is 0 Å². The molecule has 8 heteroatoms. The van der Waals surface area contributed by atoms with Crippen molar-refractivity contribution in [1.82, 2.24) is 19.6 Å². The van der Waals surface area contributed by atoms with E-state index in [1.165, 1.54) is 0 Å². The lowest BCUT2D eigenvalue weighted by molar-refractivity contribution is 0.772. The fourth-order valence-electron chi connectivity index (χ4n) is 2.36. The smallest absolute Gasteiger partial charge is 0.204 e. The van der Waals surface area contributed by atoms with Crippen molar-refractivity contribution in [3.05, 3.63) is 28.0 Å². The lowest BCUT2D eigenvalue weighted by Gasteiger charge is -2.10. The van der Waals surface area contributed by atoms with Crippen molar-refractivity contribution in [2.24, 2.45) is 5.73 Å². The van der Waals surface area contributed by atoms with Gasteiger partial charge in [0.05, 0.1) is 21.1 Å². The molecule has 0 aliphatic heterocycles. The summed E-state index contributed by atoms with van der Waals surface area (Å²) < 4.78 is 1.93. The number of fused-ring (bicyclic) bond motifs is 3. The molecule has 0 aliphatic rings. The van der Waals surface area contributed by atoms with E-state index < -0.39 is 0 Å². The SMILES string of the molecule is Cc1nnc2c(NCCCCN)nc3cc(Cl)c(Cl)cc3n12. The van der Waals surface area contributed by atoms with Crippen LogP contribution in [0.5, 0.6) is 0 Å². The standard InChI is InChI=1S/C14H16Cl2N6/c1-8-20-21-14-13(18-5-3-2-4-17)19-11-6-9(15)10(16)7-12(11)22(8)14/h6-7H,2-5,17H2,1H3,(H,18,19). The van der Waals surface area contributed by atoms with E-state index in [1.807, 2.05) is 11.3 Å². The molecule has 0 radical (unpaired) electrons. The first-order valence-corrected chi connectivity index (χ1v) is 7.82. The molecule has 2 aromatic heterocycles. The number of unbranched alkanes of at least 4 members (excludes halogenated alkanes) is 1. The average molecular weight is 339 g/mol. The molecule has 3 rings (SSSR count). The molecular weight excluding hydrogens is 323 g/mol. The molecule has 0 saturated heterocycles.